The predicted octanol–water partition coefficient (Wildman–Crippen LogP) is 4.26. The minimum atomic E-state index is -0.249. The van der Waals surface area contributed by atoms with E-state index in [1.54, 1.807) is 0 Å². The van der Waals surface area contributed by atoms with Gasteiger partial charge in [0.2, 0.25) is 0 Å². The van der Waals surface area contributed by atoms with Crippen molar-refractivity contribution in [3.8, 4) is 11.8 Å². The average Bonchev–Trinajstić information content (AvgIpc) is 2.69. The Morgan fingerprint density at radius 1 is 1.25 bits per heavy atom. The average molecular weight is 427 g/mol. The summed E-state index contributed by atoms with van der Waals surface area (Å²) in [5.74, 6) is -0.176. The lowest BCUT2D eigenvalue weighted by Crippen LogP contribution is -2.38. The summed E-state index contributed by atoms with van der Waals surface area (Å²) < 4.78 is 0. The molecule has 6 nitrogen and oxygen atoms in total. The van der Waals surface area contributed by atoms with Gasteiger partial charge >= 0.3 is 0 Å². The minimum Gasteiger partial charge on any atom is -0.508 e. The summed E-state index contributed by atoms with van der Waals surface area (Å²) in [5, 5.41) is 20.5. The number of nitrogens with one attached hydrogen (secondary N) is 1. The first-order valence-corrected chi connectivity index (χ1v) is 9.87. The lowest BCUT2D eigenvalue weighted by molar-refractivity contribution is -0.118. The molecule has 1 aromatic carbocycles. The number of carbonyl (C=O) groups excluding carboxylic acids is 1. The Morgan fingerprint density at radius 2 is 1.86 bits per heavy atom. The molecule has 0 unspecified atom stereocenters. The lowest BCUT2D eigenvalue weighted by Gasteiger charge is -2.22. The molecule has 6 N–H and O–H groups in total. The second kappa shape index (κ2) is 14.7. The van der Waals surface area contributed by atoms with E-state index in [2.05, 4.69) is 5.32 Å². The molecule has 1 aromatic rings. The Kier molecular flexibility index (Phi) is 13.4. The molecule has 0 saturated heterocycles. The molecule has 0 spiro atoms. The van der Waals surface area contributed by atoms with Gasteiger partial charge in [-0.1, -0.05) is 56.3 Å². The lowest BCUT2D eigenvalue weighted by atomic mass is 9.95. The van der Waals surface area contributed by atoms with E-state index in [-0.39, 0.29) is 33.6 Å². The van der Waals surface area contributed by atoms with Crippen molar-refractivity contribution >= 4 is 29.1 Å². The zero-order valence-electron chi connectivity index (χ0n) is 16.2. The topological polar surface area (TPSA) is 125 Å². The minimum absolute atomic E-state index is 0.0731. The van der Waals surface area contributed by atoms with Gasteiger partial charge in [-0.05, 0) is 43.2 Å². The molecule has 0 bridgehead atoms. The van der Waals surface area contributed by atoms with Gasteiger partial charge in [-0.15, -0.1) is 0 Å². The van der Waals surface area contributed by atoms with E-state index in [9.17, 15) is 4.79 Å². The number of carbonyl (C=O) groups is 1. The van der Waals surface area contributed by atoms with Gasteiger partial charge in [0.15, 0.2) is 0 Å². The van der Waals surface area contributed by atoms with E-state index < -0.39 is 0 Å². The highest BCUT2D eigenvalue weighted by atomic mass is 35.5. The zero-order valence-corrected chi connectivity index (χ0v) is 17.7. The summed E-state index contributed by atoms with van der Waals surface area (Å²) in [6.45, 7) is 4.00. The van der Waals surface area contributed by atoms with Crippen molar-refractivity contribution in [3.63, 3.8) is 0 Å². The molecule has 1 saturated carbocycles. The van der Waals surface area contributed by atoms with Crippen LogP contribution in [0.3, 0.4) is 0 Å². The van der Waals surface area contributed by atoms with Crippen LogP contribution in [-0.4, -0.2) is 17.1 Å². The van der Waals surface area contributed by atoms with Gasteiger partial charge in [0.05, 0.1) is 21.4 Å². The summed E-state index contributed by atoms with van der Waals surface area (Å²) in [7, 11) is 0. The molecule has 1 fully saturated rings. The van der Waals surface area contributed by atoms with E-state index in [0.717, 1.165) is 12.8 Å². The second-order valence-electron chi connectivity index (χ2n) is 5.76. The highest BCUT2D eigenvalue weighted by molar-refractivity contribution is 6.31. The van der Waals surface area contributed by atoms with Crippen LogP contribution in [0.5, 0.6) is 5.75 Å². The smallest absolute Gasteiger partial charge is 0.267 e. The fourth-order valence-electron chi connectivity index (χ4n) is 2.36. The molecule has 0 aromatic heterocycles. The summed E-state index contributed by atoms with van der Waals surface area (Å²) in [4.78, 5) is 11.6. The molecule has 0 aliphatic heterocycles. The molecule has 0 radical (unpaired) electrons. The van der Waals surface area contributed by atoms with Crippen LogP contribution in [0.2, 0.25) is 5.02 Å². The van der Waals surface area contributed by atoms with Gasteiger partial charge in [-0.3, -0.25) is 4.79 Å². The van der Waals surface area contributed by atoms with Gasteiger partial charge in [0, 0.05) is 6.04 Å². The maximum Gasteiger partial charge on any atom is 0.267 e. The molecule has 1 amide bonds. The third-order valence-corrected chi connectivity index (χ3v) is 4.14. The molecule has 8 heteroatoms. The van der Waals surface area contributed by atoms with Crippen LogP contribution in [0.25, 0.3) is 0 Å². The summed E-state index contributed by atoms with van der Waals surface area (Å²) >= 11 is 11.0. The maximum atomic E-state index is 11.6. The number of amides is 1. The molecule has 0 atom stereocenters. The number of nitriles is 1. The predicted molar refractivity (Wildman–Crippen MR) is 115 cm³/mol. The standard InChI is InChI=1S/C11H18ClN3O.C7H4ClNO.C2H6/c12-10(14)7-6-9(13)11(16)15-8-4-2-1-3-5-8;8-7-3-6(10)2-1-5(7)4-9;1-2/h6-8H,1-5,13-14H2,(H,15,16);1-3,10H;1-2H3/b9-6-,10-7-;;. The first-order valence-electron chi connectivity index (χ1n) is 9.11. The fourth-order valence-corrected chi connectivity index (χ4v) is 2.64. The third kappa shape index (κ3) is 10.7. The van der Waals surface area contributed by atoms with Gasteiger partial charge in [-0.2, -0.15) is 5.26 Å². The number of phenolic OH excluding ortho intramolecular Hbond substituents is 1. The number of nitrogens with zero attached hydrogens (tertiary/aromatic N) is 1. The Labute approximate surface area is 176 Å². The molecule has 154 valence electrons. The van der Waals surface area contributed by atoms with Crippen LogP contribution in [0.15, 0.2) is 41.2 Å². The van der Waals surface area contributed by atoms with Crippen LogP contribution in [0.4, 0.5) is 0 Å². The van der Waals surface area contributed by atoms with Crippen molar-refractivity contribution in [2.75, 3.05) is 0 Å². The zero-order chi connectivity index (χ0) is 21.5. The number of halogens is 2. The quantitative estimate of drug-likeness (QED) is 0.326. The third-order valence-electron chi connectivity index (χ3n) is 3.70. The monoisotopic (exact) mass is 426 g/mol. The summed E-state index contributed by atoms with van der Waals surface area (Å²) in [5.41, 5.74) is 11.3. The number of hydrogen-bond acceptors (Lipinski definition) is 5. The van der Waals surface area contributed by atoms with Crippen molar-refractivity contribution in [1.82, 2.24) is 5.32 Å². The van der Waals surface area contributed by atoms with Gasteiger partial charge in [-0.25, -0.2) is 0 Å². The van der Waals surface area contributed by atoms with Crippen LogP contribution in [0, 0.1) is 11.3 Å². The normalized spacial score (nSPS) is 14.5. The highest BCUT2D eigenvalue weighted by Gasteiger charge is 2.16. The van der Waals surface area contributed by atoms with Gasteiger partial charge in [0.25, 0.3) is 5.91 Å². The number of allylic oxidation sites excluding steroid dienone is 2. The van der Waals surface area contributed by atoms with E-state index in [0.29, 0.717) is 5.56 Å². The Morgan fingerprint density at radius 3 is 2.36 bits per heavy atom. The number of hydrogen-bond donors (Lipinski definition) is 4. The van der Waals surface area contributed by atoms with Crippen LogP contribution < -0.4 is 16.8 Å². The molecule has 1 aliphatic rings. The van der Waals surface area contributed by atoms with E-state index in [1.165, 1.54) is 49.6 Å². The van der Waals surface area contributed by atoms with Crippen LogP contribution >= 0.6 is 23.2 Å². The molecular weight excluding hydrogens is 399 g/mol. The second-order valence-corrected chi connectivity index (χ2v) is 6.60. The molecule has 28 heavy (non-hydrogen) atoms. The molecule has 2 rings (SSSR count). The number of benzene rings is 1. The van der Waals surface area contributed by atoms with Crippen LogP contribution in [0.1, 0.15) is 51.5 Å². The Bertz CT molecular complexity index is 717. The van der Waals surface area contributed by atoms with E-state index >= 15 is 0 Å². The highest BCUT2D eigenvalue weighted by Crippen LogP contribution is 2.20. The van der Waals surface area contributed by atoms with Crippen molar-refractivity contribution < 1.29 is 9.90 Å². The van der Waals surface area contributed by atoms with Crippen molar-refractivity contribution in [2.24, 2.45) is 11.5 Å². The van der Waals surface area contributed by atoms with Crippen molar-refractivity contribution in [2.45, 2.75) is 52.0 Å². The largest absolute Gasteiger partial charge is 0.508 e. The van der Waals surface area contributed by atoms with Gasteiger partial charge in [0.1, 0.15) is 11.8 Å². The maximum absolute atomic E-state index is 11.6. The van der Waals surface area contributed by atoms with Crippen LogP contribution in [-0.2, 0) is 4.79 Å². The number of phenols is 1. The fraction of sp³-hybridized carbons (Fsp3) is 0.400. The summed E-state index contributed by atoms with van der Waals surface area (Å²) in [6.07, 6.45) is 8.48. The summed E-state index contributed by atoms with van der Waals surface area (Å²) in [6, 6.07) is 6.36. The number of nitrogens with two attached hydrogens (primary N) is 2. The Hall–Kier alpha value is -2.36. The van der Waals surface area contributed by atoms with Gasteiger partial charge < -0.3 is 21.9 Å². The number of rotatable bonds is 3. The van der Waals surface area contributed by atoms with E-state index in [1.807, 2.05) is 19.9 Å². The van der Waals surface area contributed by atoms with Crippen molar-refractivity contribution in [1.29, 1.82) is 5.26 Å². The molecule has 0 heterocycles. The SMILES string of the molecule is CC.N#Cc1ccc(O)cc1Cl.N/C(=C\C=C(/N)Cl)C(=O)NC1CCCCC1. The molecule has 1 aliphatic carbocycles. The molecular formula is C20H28Cl2N4O2. The first kappa shape index (κ1) is 25.6. The Balaban J connectivity index is 0.000000520. The van der Waals surface area contributed by atoms with Crippen molar-refractivity contribution in [3.05, 3.63) is 51.8 Å². The number of aromatic hydroxyl groups is 1. The first-order chi connectivity index (χ1) is 13.3. The van der Waals surface area contributed by atoms with E-state index in [4.69, 9.17) is 45.0 Å².